The highest BCUT2D eigenvalue weighted by Crippen LogP contribution is 2.21. The maximum Gasteiger partial charge on any atom is 0.407 e. The number of carbonyl (C=O) groups is 1. The average molecular weight is 296 g/mol. The van der Waals surface area contributed by atoms with E-state index in [4.69, 9.17) is 10.4 Å². The first kappa shape index (κ1) is 13.8. The molecule has 0 atom stereocenters. The van der Waals surface area contributed by atoms with E-state index in [9.17, 15) is 4.79 Å². The van der Waals surface area contributed by atoms with Crippen LogP contribution in [0.2, 0.25) is 0 Å². The van der Waals surface area contributed by atoms with Gasteiger partial charge in [-0.25, -0.2) is 14.5 Å². The number of hydrogen-bond acceptors (Lipinski definition) is 5. The fourth-order valence-corrected chi connectivity index (χ4v) is 2.27. The van der Waals surface area contributed by atoms with Gasteiger partial charge >= 0.3 is 6.09 Å². The predicted octanol–water partition coefficient (Wildman–Crippen LogP) is 1.30. The normalized spacial score (nSPS) is 14.3. The molecule has 3 rings (SSSR count). The Morgan fingerprint density at radius 1 is 1.45 bits per heavy atom. The van der Waals surface area contributed by atoms with Gasteiger partial charge in [0.2, 0.25) is 0 Å². The third kappa shape index (κ3) is 2.52. The van der Waals surface area contributed by atoms with Gasteiger partial charge in [0, 0.05) is 19.3 Å². The summed E-state index contributed by atoms with van der Waals surface area (Å²) in [5.74, 6) is 0. The van der Waals surface area contributed by atoms with Crippen molar-refractivity contribution in [3.63, 3.8) is 0 Å². The molecule has 0 saturated heterocycles. The molecule has 1 aliphatic heterocycles. The number of nitrogens with zero attached hydrogens (tertiary/aromatic N) is 6. The maximum atomic E-state index is 10.9. The summed E-state index contributed by atoms with van der Waals surface area (Å²) >= 11 is 0. The summed E-state index contributed by atoms with van der Waals surface area (Å²) in [4.78, 5) is 16.2. The summed E-state index contributed by atoms with van der Waals surface area (Å²) in [6.07, 6.45) is 4.77. The van der Waals surface area contributed by atoms with E-state index in [1.807, 2.05) is 12.1 Å². The van der Waals surface area contributed by atoms with Crippen LogP contribution in [0.3, 0.4) is 0 Å². The van der Waals surface area contributed by atoms with Gasteiger partial charge in [-0.1, -0.05) is 11.3 Å². The fourth-order valence-electron chi connectivity index (χ4n) is 2.27. The average Bonchev–Trinajstić information content (AvgIpc) is 3.04. The molecule has 0 aromatic carbocycles. The highest BCUT2D eigenvalue weighted by molar-refractivity contribution is 5.69. The standard InChI is InChI=1S/C14H12N6O2/c15-8-11-13(2-1-5-16-11)20-9-12(17-18-20)10-3-6-19(7-4-10)14(21)22/h1-3,5,9H,4,6-7H2,(H,21,22). The third-order valence-corrected chi connectivity index (χ3v) is 3.44. The first-order chi connectivity index (χ1) is 10.7. The van der Waals surface area contributed by atoms with Crippen LogP contribution < -0.4 is 0 Å². The molecule has 1 aliphatic rings. The Labute approximate surface area is 125 Å². The molecule has 22 heavy (non-hydrogen) atoms. The topological polar surface area (TPSA) is 108 Å². The van der Waals surface area contributed by atoms with Crippen molar-refractivity contribution in [3.8, 4) is 11.8 Å². The summed E-state index contributed by atoms with van der Waals surface area (Å²) in [7, 11) is 0. The van der Waals surface area contributed by atoms with Crippen LogP contribution in [0.15, 0.2) is 30.6 Å². The lowest BCUT2D eigenvalue weighted by molar-refractivity contribution is 0.150. The molecule has 0 unspecified atom stereocenters. The lowest BCUT2D eigenvalue weighted by Gasteiger charge is -2.22. The van der Waals surface area contributed by atoms with E-state index in [0.29, 0.717) is 30.9 Å². The number of amides is 1. The number of hydrogen-bond donors (Lipinski definition) is 1. The zero-order valence-electron chi connectivity index (χ0n) is 11.5. The van der Waals surface area contributed by atoms with E-state index in [-0.39, 0.29) is 5.69 Å². The van der Waals surface area contributed by atoms with Gasteiger partial charge in [0.25, 0.3) is 0 Å². The van der Waals surface area contributed by atoms with Gasteiger partial charge in [-0.05, 0) is 24.1 Å². The highest BCUT2D eigenvalue weighted by atomic mass is 16.4. The summed E-state index contributed by atoms with van der Waals surface area (Å²) in [6, 6.07) is 5.48. The highest BCUT2D eigenvalue weighted by Gasteiger charge is 2.19. The Morgan fingerprint density at radius 3 is 3.00 bits per heavy atom. The van der Waals surface area contributed by atoms with Crippen molar-refractivity contribution in [2.24, 2.45) is 0 Å². The number of rotatable bonds is 2. The van der Waals surface area contributed by atoms with Gasteiger partial charge in [-0.2, -0.15) is 5.26 Å². The molecule has 3 heterocycles. The molecule has 0 fully saturated rings. The Bertz CT molecular complexity index is 789. The van der Waals surface area contributed by atoms with E-state index >= 15 is 0 Å². The summed E-state index contributed by atoms with van der Waals surface area (Å²) < 4.78 is 1.51. The number of nitriles is 1. The quantitative estimate of drug-likeness (QED) is 0.894. The Hall–Kier alpha value is -3.21. The van der Waals surface area contributed by atoms with Crippen LogP contribution in [0.4, 0.5) is 4.79 Å². The molecule has 1 N–H and O–H groups in total. The minimum atomic E-state index is -0.923. The van der Waals surface area contributed by atoms with E-state index in [1.54, 1.807) is 24.5 Å². The van der Waals surface area contributed by atoms with Crippen LogP contribution in [0.25, 0.3) is 11.3 Å². The lowest BCUT2D eigenvalue weighted by Crippen LogP contribution is -2.33. The fraction of sp³-hybridized carbons (Fsp3) is 0.214. The molecular formula is C14H12N6O2. The van der Waals surface area contributed by atoms with E-state index in [1.165, 1.54) is 9.58 Å². The predicted molar refractivity (Wildman–Crippen MR) is 76.1 cm³/mol. The van der Waals surface area contributed by atoms with E-state index in [2.05, 4.69) is 15.3 Å². The van der Waals surface area contributed by atoms with E-state index < -0.39 is 6.09 Å². The minimum absolute atomic E-state index is 0.272. The van der Waals surface area contributed by atoms with Gasteiger partial charge in [-0.15, -0.1) is 5.10 Å². The Kier molecular flexibility index (Phi) is 3.53. The van der Waals surface area contributed by atoms with Crippen molar-refractivity contribution in [1.29, 1.82) is 5.26 Å². The second-order valence-corrected chi connectivity index (χ2v) is 4.74. The molecule has 110 valence electrons. The van der Waals surface area contributed by atoms with Gasteiger partial charge in [0.15, 0.2) is 5.69 Å². The summed E-state index contributed by atoms with van der Waals surface area (Å²) in [5, 5.41) is 26.1. The van der Waals surface area contributed by atoms with Crippen molar-refractivity contribution in [1.82, 2.24) is 24.9 Å². The molecule has 8 heteroatoms. The molecule has 8 nitrogen and oxygen atoms in total. The largest absolute Gasteiger partial charge is 0.465 e. The second-order valence-electron chi connectivity index (χ2n) is 4.74. The van der Waals surface area contributed by atoms with Crippen LogP contribution in [0.5, 0.6) is 0 Å². The van der Waals surface area contributed by atoms with Gasteiger partial charge in [0.1, 0.15) is 17.5 Å². The van der Waals surface area contributed by atoms with Crippen LogP contribution in [0.1, 0.15) is 17.8 Å². The van der Waals surface area contributed by atoms with Gasteiger partial charge in [0.05, 0.1) is 6.20 Å². The zero-order chi connectivity index (χ0) is 15.5. The van der Waals surface area contributed by atoms with Crippen LogP contribution in [0, 0.1) is 11.3 Å². The first-order valence-electron chi connectivity index (χ1n) is 6.64. The molecule has 0 radical (unpaired) electrons. The van der Waals surface area contributed by atoms with Crippen LogP contribution >= 0.6 is 0 Å². The number of aromatic nitrogens is 4. The second kappa shape index (κ2) is 5.65. The number of carboxylic acid groups (broad SMARTS) is 1. The zero-order valence-corrected chi connectivity index (χ0v) is 11.5. The molecule has 2 aromatic heterocycles. The van der Waals surface area contributed by atoms with Crippen molar-refractivity contribution in [2.45, 2.75) is 6.42 Å². The first-order valence-corrected chi connectivity index (χ1v) is 6.64. The summed E-state index contributed by atoms with van der Waals surface area (Å²) in [6.45, 7) is 0.776. The molecule has 0 bridgehead atoms. The van der Waals surface area contributed by atoms with Crippen molar-refractivity contribution in [3.05, 3.63) is 42.0 Å². The number of pyridine rings is 1. The Morgan fingerprint density at radius 2 is 2.32 bits per heavy atom. The van der Waals surface area contributed by atoms with E-state index in [0.717, 1.165) is 5.57 Å². The molecule has 2 aromatic rings. The van der Waals surface area contributed by atoms with Gasteiger partial charge in [-0.3, -0.25) is 0 Å². The maximum absolute atomic E-state index is 10.9. The van der Waals surface area contributed by atoms with Crippen molar-refractivity contribution in [2.75, 3.05) is 13.1 Å². The summed E-state index contributed by atoms with van der Waals surface area (Å²) in [5.41, 5.74) is 2.46. The minimum Gasteiger partial charge on any atom is -0.465 e. The monoisotopic (exact) mass is 296 g/mol. The van der Waals surface area contributed by atoms with Crippen LogP contribution in [-0.2, 0) is 0 Å². The molecule has 0 aliphatic carbocycles. The molecule has 0 saturated carbocycles. The third-order valence-electron chi connectivity index (χ3n) is 3.44. The SMILES string of the molecule is N#Cc1ncccc1-n1cc(C2=CCN(C(=O)O)CC2)nn1. The van der Waals surface area contributed by atoms with Gasteiger partial charge < -0.3 is 10.0 Å². The lowest BCUT2D eigenvalue weighted by atomic mass is 10.1. The van der Waals surface area contributed by atoms with Crippen molar-refractivity contribution < 1.29 is 9.90 Å². The smallest absolute Gasteiger partial charge is 0.407 e. The Balaban J connectivity index is 1.86. The molecule has 1 amide bonds. The molecule has 0 spiro atoms. The van der Waals surface area contributed by atoms with Crippen LogP contribution in [-0.4, -0.2) is 49.2 Å². The van der Waals surface area contributed by atoms with Crippen molar-refractivity contribution >= 4 is 11.7 Å². The molecular weight excluding hydrogens is 284 g/mol.